The predicted octanol–water partition coefficient (Wildman–Crippen LogP) is 1.46. The van der Waals surface area contributed by atoms with Crippen LogP contribution in [0.15, 0.2) is 18.2 Å². The molecule has 2 atom stereocenters. The second-order valence-electron chi connectivity index (χ2n) is 6.91. The summed E-state index contributed by atoms with van der Waals surface area (Å²) in [5.41, 5.74) is 1.72. The minimum atomic E-state index is 0.422. The van der Waals surface area contributed by atoms with Gasteiger partial charge >= 0.3 is 0 Å². The SMILES string of the molecule is CC1CN(c2ccc(C#N)c(OCCN3CCOCC3)c2)C(C)CN1. The first-order valence-corrected chi connectivity index (χ1v) is 9.14. The Kier molecular flexibility index (Phi) is 6.14. The van der Waals surface area contributed by atoms with Crippen LogP contribution in [0.3, 0.4) is 0 Å². The Hall–Kier alpha value is -1.81. The van der Waals surface area contributed by atoms with Gasteiger partial charge < -0.3 is 19.7 Å². The third kappa shape index (κ3) is 4.63. The predicted molar refractivity (Wildman–Crippen MR) is 98.2 cm³/mol. The van der Waals surface area contributed by atoms with Crippen molar-refractivity contribution in [2.24, 2.45) is 0 Å². The number of ether oxygens (including phenoxy) is 2. The quantitative estimate of drug-likeness (QED) is 0.873. The molecule has 2 heterocycles. The Morgan fingerprint density at radius 2 is 2.12 bits per heavy atom. The van der Waals surface area contributed by atoms with E-state index in [1.165, 1.54) is 0 Å². The van der Waals surface area contributed by atoms with Crippen molar-refractivity contribution in [3.63, 3.8) is 0 Å². The summed E-state index contributed by atoms with van der Waals surface area (Å²) in [5, 5.41) is 12.9. The topological polar surface area (TPSA) is 60.8 Å². The Morgan fingerprint density at radius 3 is 2.88 bits per heavy atom. The zero-order valence-corrected chi connectivity index (χ0v) is 15.2. The van der Waals surface area contributed by atoms with Crippen molar-refractivity contribution in [2.75, 3.05) is 57.4 Å². The van der Waals surface area contributed by atoms with Crippen molar-refractivity contribution >= 4 is 5.69 Å². The van der Waals surface area contributed by atoms with E-state index in [1.807, 2.05) is 18.2 Å². The lowest BCUT2D eigenvalue weighted by molar-refractivity contribution is 0.0322. The van der Waals surface area contributed by atoms with E-state index in [2.05, 4.69) is 35.0 Å². The number of morpholine rings is 1. The van der Waals surface area contributed by atoms with E-state index >= 15 is 0 Å². The summed E-state index contributed by atoms with van der Waals surface area (Å²) < 4.78 is 11.3. The zero-order valence-electron chi connectivity index (χ0n) is 15.2. The Balaban J connectivity index is 1.66. The molecule has 2 aliphatic heterocycles. The summed E-state index contributed by atoms with van der Waals surface area (Å²) >= 11 is 0. The van der Waals surface area contributed by atoms with Gasteiger partial charge in [0.05, 0.1) is 18.8 Å². The number of hydrogen-bond acceptors (Lipinski definition) is 6. The van der Waals surface area contributed by atoms with Crippen molar-refractivity contribution in [1.82, 2.24) is 10.2 Å². The minimum absolute atomic E-state index is 0.422. The maximum Gasteiger partial charge on any atom is 0.139 e. The molecule has 0 aromatic heterocycles. The Morgan fingerprint density at radius 1 is 1.32 bits per heavy atom. The molecule has 6 heteroatoms. The first-order valence-electron chi connectivity index (χ1n) is 9.14. The van der Waals surface area contributed by atoms with Crippen molar-refractivity contribution < 1.29 is 9.47 Å². The van der Waals surface area contributed by atoms with Crippen molar-refractivity contribution in [3.8, 4) is 11.8 Å². The molecule has 1 N–H and O–H groups in total. The molecule has 2 saturated heterocycles. The number of hydrogen-bond donors (Lipinski definition) is 1. The molecule has 0 radical (unpaired) electrons. The molecular formula is C19H28N4O2. The van der Waals surface area contributed by atoms with E-state index in [1.54, 1.807) is 0 Å². The Bertz CT molecular complexity index is 610. The molecule has 0 saturated carbocycles. The molecule has 25 heavy (non-hydrogen) atoms. The van der Waals surface area contributed by atoms with Gasteiger partial charge in [-0.2, -0.15) is 5.26 Å². The number of nitriles is 1. The van der Waals surface area contributed by atoms with Crippen LogP contribution >= 0.6 is 0 Å². The molecule has 136 valence electrons. The van der Waals surface area contributed by atoms with Crippen LogP contribution in [0.1, 0.15) is 19.4 Å². The van der Waals surface area contributed by atoms with Crippen molar-refractivity contribution in [2.45, 2.75) is 25.9 Å². The molecular weight excluding hydrogens is 316 g/mol. The van der Waals surface area contributed by atoms with Gasteiger partial charge in [0.25, 0.3) is 0 Å². The average molecular weight is 344 g/mol. The van der Waals surface area contributed by atoms with Gasteiger partial charge in [-0.3, -0.25) is 4.90 Å². The van der Waals surface area contributed by atoms with Crippen molar-refractivity contribution in [1.29, 1.82) is 5.26 Å². The van der Waals surface area contributed by atoms with E-state index in [9.17, 15) is 5.26 Å². The summed E-state index contributed by atoms with van der Waals surface area (Å²) in [4.78, 5) is 4.72. The third-order valence-corrected chi connectivity index (χ3v) is 4.95. The fourth-order valence-corrected chi connectivity index (χ4v) is 3.39. The lowest BCUT2D eigenvalue weighted by Crippen LogP contribution is -2.54. The zero-order chi connectivity index (χ0) is 17.6. The highest BCUT2D eigenvalue weighted by Crippen LogP contribution is 2.28. The van der Waals surface area contributed by atoms with Gasteiger partial charge in [0.2, 0.25) is 0 Å². The van der Waals surface area contributed by atoms with Crippen molar-refractivity contribution in [3.05, 3.63) is 23.8 Å². The van der Waals surface area contributed by atoms with Crippen LogP contribution in [0.5, 0.6) is 5.75 Å². The summed E-state index contributed by atoms with van der Waals surface area (Å²) in [6.07, 6.45) is 0. The van der Waals surface area contributed by atoms with Crippen LogP contribution in [-0.2, 0) is 4.74 Å². The van der Waals surface area contributed by atoms with Crippen LogP contribution in [0.25, 0.3) is 0 Å². The van der Waals surface area contributed by atoms with Gasteiger partial charge in [-0.15, -0.1) is 0 Å². The highest BCUT2D eigenvalue weighted by atomic mass is 16.5. The van der Waals surface area contributed by atoms with Crippen LogP contribution in [0, 0.1) is 11.3 Å². The maximum absolute atomic E-state index is 9.38. The number of piperazine rings is 1. The van der Waals surface area contributed by atoms with E-state index in [-0.39, 0.29) is 0 Å². The molecule has 1 aromatic carbocycles. The Labute approximate surface area is 150 Å². The molecule has 0 aliphatic carbocycles. The summed E-state index contributed by atoms with van der Waals surface area (Å²) in [5.74, 6) is 0.687. The van der Waals surface area contributed by atoms with E-state index in [0.29, 0.717) is 30.0 Å². The fourth-order valence-electron chi connectivity index (χ4n) is 3.39. The number of benzene rings is 1. The van der Waals surface area contributed by atoms with Crippen LogP contribution in [-0.4, -0.2) is 69.5 Å². The normalized spacial score (nSPS) is 24.8. The summed E-state index contributed by atoms with van der Waals surface area (Å²) in [6, 6.07) is 9.05. The highest BCUT2D eigenvalue weighted by Gasteiger charge is 2.23. The van der Waals surface area contributed by atoms with E-state index in [0.717, 1.165) is 51.6 Å². The minimum Gasteiger partial charge on any atom is -0.491 e. The molecule has 0 bridgehead atoms. The highest BCUT2D eigenvalue weighted by molar-refractivity contribution is 5.58. The van der Waals surface area contributed by atoms with Crippen LogP contribution in [0.2, 0.25) is 0 Å². The fraction of sp³-hybridized carbons (Fsp3) is 0.632. The van der Waals surface area contributed by atoms with Crippen LogP contribution in [0.4, 0.5) is 5.69 Å². The number of rotatable bonds is 5. The summed E-state index contributed by atoms with van der Waals surface area (Å²) in [7, 11) is 0. The largest absolute Gasteiger partial charge is 0.491 e. The standard InChI is InChI=1S/C19H28N4O2/c1-15-14-23(16(2)13-21-15)18-4-3-17(12-20)19(11-18)25-10-7-22-5-8-24-9-6-22/h3-4,11,15-16,21H,5-10,13-14H2,1-2H3. The molecule has 3 rings (SSSR count). The lowest BCUT2D eigenvalue weighted by Gasteiger charge is -2.39. The second-order valence-corrected chi connectivity index (χ2v) is 6.91. The smallest absolute Gasteiger partial charge is 0.139 e. The number of anilines is 1. The van der Waals surface area contributed by atoms with Gasteiger partial charge in [0.15, 0.2) is 0 Å². The average Bonchev–Trinajstić information content (AvgIpc) is 2.64. The molecule has 0 amide bonds. The van der Waals surface area contributed by atoms with Gasteiger partial charge in [-0.1, -0.05) is 0 Å². The first kappa shape index (κ1) is 18.0. The van der Waals surface area contributed by atoms with Gasteiger partial charge in [0.1, 0.15) is 18.4 Å². The van der Waals surface area contributed by atoms with Crippen LogP contribution < -0.4 is 15.0 Å². The van der Waals surface area contributed by atoms with Gasteiger partial charge in [-0.25, -0.2) is 0 Å². The lowest BCUT2D eigenvalue weighted by atomic mass is 10.1. The first-order chi connectivity index (χ1) is 12.2. The molecule has 0 spiro atoms. The number of nitrogens with one attached hydrogen (secondary N) is 1. The summed E-state index contributed by atoms with van der Waals surface area (Å²) in [6.45, 7) is 11.3. The molecule has 6 nitrogen and oxygen atoms in total. The van der Waals surface area contributed by atoms with E-state index in [4.69, 9.17) is 9.47 Å². The molecule has 2 unspecified atom stereocenters. The molecule has 2 aliphatic rings. The van der Waals surface area contributed by atoms with E-state index < -0.39 is 0 Å². The number of nitrogens with zero attached hydrogens (tertiary/aromatic N) is 3. The molecule has 2 fully saturated rings. The monoisotopic (exact) mass is 344 g/mol. The van der Waals surface area contributed by atoms with Gasteiger partial charge in [0, 0.05) is 56.6 Å². The second kappa shape index (κ2) is 8.52. The maximum atomic E-state index is 9.38. The third-order valence-electron chi connectivity index (χ3n) is 4.95. The molecule has 1 aromatic rings. The van der Waals surface area contributed by atoms with Gasteiger partial charge in [-0.05, 0) is 26.0 Å².